The number of nitrogens with zero attached hydrogens (tertiary/aromatic N) is 5. The molecule has 2 amide bonds. The first kappa shape index (κ1) is 35.8. The van der Waals surface area contributed by atoms with E-state index in [1.54, 1.807) is 18.2 Å². The number of nitrogens with one attached hydrogen (secondary N) is 2. The Bertz CT molecular complexity index is 1870. The predicted molar refractivity (Wildman–Crippen MR) is 166 cm³/mol. The molecule has 2 fully saturated rings. The number of carboxylic acid groups (broad SMARTS) is 1. The fourth-order valence-corrected chi connectivity index (χ4v) is 6.13. The summed E-state index contributed by atoms with van der Waals surface area (Å²) in [6, 6.07) is 3.63. The summed E-state index contributed by atoms with van der Waals surface area (Å²) in [6.45, 7) is 4.20. The number of thiazole rings is 1. The van der Waals surface area contributed by atoms with Crippen LogP contribution in [0.5, 0.6) is 5.75 Å². The number of aromatic nitrogens is 3. The number of aliphatic hydroxyl groups excluding tert-OH is 2. The quantitative estimate of drug-likeness (QED) is 0.0219. The summed E-state index contributed by atoms with van der Waals surface area (Å²) < 4.78 is 46.7. The number of fused-ring (bicyclic) bond motifs is 1. The van der Waals surface area contributed by atoms with E-state index in [0.717, 1.165) is 35.3 Å². The van der Waals surface area contributed by atoms with Crippen LogP contribution in [0.1, 0.15) is 19.5 Å². The van der Waals surface area contributed by atoms with Crippen LogP contribution in [-0.2, 0) is 47.0 Å². The van der Waals surface area contributed by atoms with Crippen LogP contribution in [0.2, 0.25) is 0 Å². The second-order valence-corrected chi connectivity index (χ2v) is 13.7. The van der Waals surface area contributed by atoms with Gasteiger partial charge in [0.15, 0.2) is 10.8 Å². The average Bonchev–Trinajstić information content (AvgIpc) is 3.59. The summed E-state index contributed by atoms with van der Waals surface area (Å²) in [5, 5.41) is 41.0. The molecule has 3 atom stereocenters. The van der Waals surface area contributed by atoms with E-state index >= 15 is 0 Å². The van der Waals surface area contributed by atoms with Crippen molar-refractivity contribution >= 4 is 61.3 Å². The van der Waals surface area contributed by atoms with E-state index in [2.05, 4.69) is 25.1 Å². The number of aliphatic hydroxyl groups is 2. The molecule has 0 bridgehead atoms. The summed E-state index contributed by atoms with van der Waals surface area (Å²) in [5.74, 6) is -2.91. The molecule has 4 heterocycles. The van der Waals surface area contributed by atoms with Crippen LogP contribution in [0.4, 0.5) is 5.13 Å². The summed E-state index contributed by atoms with van der Waals surface area (Å²) in [7, 11) is -5.28. The van der Waals surface area contributed by atoms with Crippen molar-refractivity contribution in [1.82, 2.24) is 25.4 Å². The Morgan fingerprint density at radius 3 is 2.65 bits per heavy atom. The predicted octanol–water partition coefficient (Wildman–Crippen LogP) is -2.71. The molecule has 266 valence electrons. The van der Waals surface area contributed by atoms with Gasteiger partial charge in [0, 0.05) is 30.5 Å². The number of β-lactam (4-membered cyclic amide) rings is 1. The van der Waals surface area contributed by atoms with Crippen LogP contribution in [0.3, 0.4) is 0 Å². The monoisotopic (exact) mass is 726 g/mol. The highest BCUT2D eigenvalue weighted by Crippen LogP contribution is 2.33. The first-order chi connectivity index (χ1) is 23.1. The number of carbonyl (C=O) groups excluding carboxylic acids is 2. The van der Waals surface area contributed by atoms with E-state index in [-0.39, 0.29) is 23.1 Å². The number of nitrogen functional groups attached to an aromatic ring is 1. The van der Waals surface area contributed by atoms with Crippen molar-refractivity contribution in [3.05, 3.63) is 35.5 Å². The second-order valence-electron chi connectivity index (χ2n) is 11.8. The van der Waals surface area contributed by atoms with Crippen LogP contribution in [-0.4, -0.2) is 117 Å². The number of hydrogen-bond acceptors (Lipinski definition) is 16. The third-order valence-electron chi connectivity index (χ3n) is 7.83. The molecule has 0 saturated carbocycles. The Kier molecular flexibility index (Phi) is 10.4. The van der Waals surface area contributed by atoms with Gasteiger partial charge in [0.1, 0.15) is 30.2 Å². The molecule has 5 rings (SSSR count). The molecule has 49 heavy (non-hydrogen) atoms. The summed E-state index contributed by atoms with van der Waals surface area (Å²) in [5.41, 5.74) is 4.29. The fraction of sp³-hybridized carbons (Fsp3) is 0.481. The molecule has 22 heteroatoms. The van der Waals surface area contributed by atoms with Gasteiger partial charge in [-0.1, -0.05) is 5.16 Å². The van der Waals surface area contributed by atoms with Gasteiger partial charge in [-0.3, -0.25) is 9.59 Å². The van der Waals surface area contributed by atoms with E-state index in [9.17, 15) is 42.7 Å². The normalized spacial score (nSPS) is 19.2. The van der Waals surface area contributed by atoms with E-state index < -0.39 is 70.9 Å². The van der Waals surface area contributed by atoms with Gasteiger partial charge >= 0.3 is 5.97 Å². The second kappa shape index (κ2) is 14.2. The lowest BCUT2D eigenvalue weighted by Crippen LogP contribution is -2.76. The Hall–Kier alpha value is -4.45. The Morgan fingerprint density at radius 2 is 2.08 bits per heavy atom. The third-order valence-corrected chi connectivity index (χ3v) is 8.83. The van der Waals surface area contributed by atoms with Gasteiger partial charge < -0.3 is 45.8 Å². The van der Waals surface area contributed by atoms with Gasteiger partial charge in [0.2, 0.25) is 22.5 Å². The number of benzene rings is 1. The van der Waals surface area contributed by atoms with Gasteiger partial charge in [-0.05, 0) is 26.0 Å². The number of anilines is 1. The zero-order chi connectivity index (χ0) is 35.7. The molecule has 2 aromatic heterocycles. The fourth-order valence-electron chi connectivity index (χ4n) is 5.14. The maximum absolute atomic E-state index is 13.3. The molecular weight excluding hydrogens is 692 g/mol. The number of nitrogens with two attached hydrogens (primary N) is 1. The van der Waals surface area contributed by atoms with Crippen molar-refractivity contribution in [3.8, 4) is 5.75 Å². The zero-order valence-corrected chi connectivity index (χ0v) is 27.7. The maximum Gasteiger partial charge on any atom is 0.351 e. The molecule has 2 aliphatic heterocycles. The molecule has 20 nitrogen and oxygen atoms in total. The van der Waals surface area contributed by atoms with Gasteiger partial charge in [-0.25, -0.2) is 18.2 Å². The lowest BCUT2D eigenvalue weighted by molar-refractivity contribution is -0.759. The molecular formula is C27H34N8O12S2. The smallest absolute Gasteiger partial charge is 0.351 e. The average molecular weight is 727 g/mol. The number of ether oxygens (including phenoxy) is 1. The first-order valence-corrected chi connectivity index (χ1v) is 16.9. The lowest BCUT2D eigenvalue weighted by Gasteiger charge is -2.51. The number of hydrogen-bond donors (Lipinski definition) is 6. The van der Waals surface area contributed by atoms with Crippen LogP contribution < -0.4 is 25.8 Å². The molecule has 0 radical (unpaired) electrons. The summed E-state index contributed by atoms with van der Waals surface area (Å²) in [6.07, 6.45) is -0.849. The Morgan fingerprint density at radius 1 is 1.35 bits per heavy atom. The highest BCUT2D eigenvalue weighted by molar-refractivity contribution is 7.80. The maximum atomic E-state index is 13.3. The highest BCUT2D eigenvalue weighted by Gasteiger charge is 2.57. The van der Waals surface area contributed by atoms with Gasteiger partial charge in [0.25, 0.3) is 17.9 Å². The minimum absolute atomic E-state index is 0.0367. The Labute approximate surface area is 282 Å². The van der Waals surface area contributed by atoms with E-state index in [1.165, 1.54) is 19.2 Å². The van der Waals surface area contributed by atoms with Crippen LogP contribution in [0.15, 0.2) is 34.9 Å². The number of oxime groups is 1. The van der Waals surface area contributed by atoms with Crippen molar-refractivity contribution in [2.75, 3.05) is 32.0 Å². The number of amides is 2. The van der Waals surface area contributed by atoms with E-state index in [0.29, 0.717) is 17.5 Å². The van der Waals surface area contributed by atoms with Crippen molar-refractivity contribution in [1.29, 1.82) is 0 Å². The molecule has 2 saturated heterocycles. The molecule has 3 aromatic rings. The largest absolute Gasteiger partial charge is 0.724 e. The minimum atomic E-state index is -5.28. The van der Waals surface area contributed by atoms with Crippen LogP contribution in [0.25, 0.3) is 10.9 Å². The zero-order valence-electron chi connectivity index (χ0n) is 26.1. The molecule has 1 aromatic carbocycles. The van der Waals surface area contributed by atoms with Crippen molar-refractivity contribution in [2.24, 2.45) is 11.1 Å². The molecule has 7 N–H and O–H groups in total. The van der Waals surface area contributed by atoms with Crippen molar-refractivity contribution in [3.63, 3.8) is 0 Å². The third kappa shape index (κ3) is 8.07. The lowest BCUT2D eigenvalue weighted by atomic mass is 9.84. The van der Waals surface area contributed by atoms with E-state index in [4.69, 9.17) is 15.3 Å². The number of aliphatic carboxylic acids is 1. The molecule has 0 aliphatic carbocycles. The van der Waals surface area contributed by atoms with Crippen molar-refractivity contribution < 1.29 is 61.2 Å². The van der Waals surface area contributed by atoms with Crippen molar-refractivity contribution in [2.45, 2.75) is 50.7 Å². The van der Waals surface area contributed by atoms with E-state index in [1.807, 2.05) is 15.6 Å². The number of carbonyl (C=O) groups is 3. The minimum Gasteiger partial charge on any atom is -0.724 e. The first-order valence-electron chi connectivity index (χ1n) is 14.7. The summed E-state index contributed by atoms with van der Waals surface area (Å²) >= 11 is 0.939. The highest BCUT2D eigenvalue weighted by atomic mass is 32.3. The topological polar surface area (TPSA) is 284 Å². The molecule has 2 unspecified atom stereocenters. The SMILES string of the molecule is CC1(C)C(NC(=O)/C(=N\O[C@@H](COc2ccc3c(c2)cn(CC2CNC2)[n+]3CC(O)CO)C(=O)O)c2csc(N)n2)C(=O)N1OS(=O)(=O)[O-]. The van der Waals surface area contributed by atoms with Gasteiger partial charge in [-0.2, -0.15) is 14.0 Å². The molecule has 2 aliphatic rings. The number of rotatable bonds is 16. The van der Waals surface area contributed by atoms with Gasteiger partial charge in [0.05, 0.1) is 30.3 Å². The number of hydroxylamine groups is 2. The Balaban J connectivity index is 1.31. The van der Waals surface area contributed by atoms with Crippen LogP contribution in [0, 0.1) is 5.92 Å². The standard InChI is InChI=1S/C27H34N8O12S2/c1-27(2)22(24(39)35(27)47-49(42,43)44)31-23(38)21(18-13-48-26(28)30-18)32-46-20(25(40)41)12-45-17-3-4-19-15(5-17)9-33(8-14-6-29-7-14)34(19)10-16(37)11-36/h3-5,9,13-14,16,20,22,29,36-37H,6-8,10-12H2,1-2H3,(H4-,28,30,31,38,40,41,42,43,44)/b32-21-/t16?,20-,22?/m0/s1. The summed E-state index contributed by atoms with van der Waals surface area (Å²) in [4.78, 5) is 47.1. The van der Waals surface area contributed by atoms with Gasteiger partial charge in [-0.15, -0.1) is 16.0 Å². The molecule has 0 spiro atoms. The van der Waals surface area contributed by atoms with Crippen LogP contribution >= 0.6 is 11.3 Å². The number of carboxylic acids is 1.